The largest absolute Gasteiger partial charge is 0.313 e. The molecule has 0 radical (unpaired) electrons. The molecule has 1 fully saturated rings. The van der Waals surface area contributed by atoms with Gasteiger partial charge in [0, 0.05) is 18.6 Å². The predicted molar refractivity (Wildman–Crippen MR) is 76.5 cm³/mol. The highest BCUT2D eigenvalue weighted by atomic mass is 15.2. The van der Waals surface area contributed by atoms with Crippen molar-refractivity contribution in [1.82, 2.24) is 10.2 Å². The molecule has 1 atom stereocenters. The molecule has 1 saturated heterocycles. The molecule has 0 aromatic heterocycles. The van der Waals surface area contributed by atoms with Gasteiger partial charge in [0.05, 0.1) is 0 Å². The van der Waals surface area contributed by atoms with E-state index in [9.17, 15) is 0 Å². The third kappa shape index (κ3) is 6.42. The molecule has 0 aliphatic carbocycles. The van der Waals surface area contributed by atoms with Crippen LogP contribution in [0.5, 0.6) is 0 Å². The Bertz CT molecular complexity index is 180. The van der Waals surface area contributed by atoms with Crippen molar-refractivity contribution in [2.75, 3.05) is 19.6 Å². The molecule has 1 aliphatic heterocycles. The quantitative estimate of drug-likeness (QED) is 0.654. The van der Waals surface area contributed by atoms with Gasteiger partial charge in [-0.1, -0.05) is 46.5 Å². The molecule has 2 heteroatoms. The summed E-state index contributed by atoms with van der Waals surface area (Å²) in [5.41, 5.74) is 0. The summed E-state index contributed by atoms with van der Waals surface area (Å²) < 4.78 is 0. The number of likely N-dealkylation sites (tertiary alicyclic amines) is 1. The minimum atomic E-state index is 0.624. The Kier molecular flexibility index (Phi) is 7.87. The fourth-order valence-corrected chi connectivity index (χ4v) is 2.70. The zero-order valence-corrected chi connectivity index (χ0v) is 12.2. The zero-order valence-electron chi connectivity index (χ0n) is 12.2. The first-order valence-electron chi connectivity index (χ1n) is 7.71. The van der Waals surface area contributed by atoms with Gasteiger partial charge in [-0.15, -0.1) is 0 Å². The number of hydrogen-bond donors (Lipinski definition) is 1. The summed E-state index contributed by atoms with van der Waals surface area (Å²) in [5.74, 6) is 0. The maximum Gasteiger partial charge on any atom is 0.0220 e. The molecule has 1 rings (SSSR count). The van der Waals surface area contributed by atoms with E-state index in [2.05, 4.69) is 31.0 Å². The number of unbranched alkanes of at least 4 members (excludes halogenated alkanes) is 3. The molecule has 0 amide bonds. The van der Waals surface area contributed by atoms with Crippen molar-refractivity contribution in [3.8, 4) is 0 Å². The molecule has 1 heterocycles. The summed E-state index contributed by atoms with van der Waals surface area (Å²) in [6, 6.07) is 1.42. The third-order valence-corrected chi connectivity index (χ3v) is 3.81. The maximum atomic E-state index is 3.61. The van der Waals surface area contributed by atoms with E-state index in [1.165, 1.54) is 64.6 Å². The summed E-state index contributed by atoms with van der Waals surface area (Å²) in [4.78, 5) is 2.73. The maximum absolute atomic E-state index is 3.61. The molecule has 1 unspecified atom stereocenters. The number of nitrogens with zero attached hydrogens (tertiary/aromatic N) is 1. The lowest BCUT2D eigenvalue weighted by atomic mass is 10.0. The molecular formula is C15H32N2. The monoisotopic (exact) mass is 240 g/mol. The van der Waals surface area contributed by atoms with E-state index in [0.29, 0.717) is 6.04 Å². The fraction of sp³-hybridized carbons (Fsp3) is 1.00. The highest BCUT2D eigenvalue weighted by Gasteiger charge is 2.21. The van der Waals surface area contributed by atoms with Gasteiger partial charge in [-0.3, -0.25) is 4.90 Å². The fourth-order valence-electron chi connectivity index (χ4n) is 2.70. The Morgan fingerprint density at radius 2 is 2.00 bits per heavy atom. The van der Waals surface area contributed by atoms with Crippen LogP contribution in [0.3, 0.4) is 0 Å². The van der Waals surface area contributed by atoms with Crippen LogP contribution in [0, 0.1) is 0 Å². The lowest BCUT2D eigenvalue weighted by Gasteiger charge is -2.36. The summed E-state index contributed by atoms with van der Waals surface area (Å²) in [5, 5.41) is 3.61. The normalized spacial score (nSPS) is 22.2. The first-order chi connectivity index (χ1) is 8.24. The predicted octanol–water partition coefficient (Wildman–Crippen LogP) is 3.42. The van der Waals surface area contributed by atoms with Crippen molar-refractivity contribution in [3.63, 3.8) is 0 Å². The smallest absolute Gasteiger partial charge is 0.0220 e. The van der Waals surface area contributed by atoms with Crippen LogP contribution >= 0.6 is 0 Å². The molecule has 0 bridgehead atoms. The van der Waals surface area contributed by atoms with Crippen LogP contribution in [0.25, 0.3) is 0 Å². The molecule has 1 N–H and O–H groups in total. The minimum absolute atomic E-state index is 0.624. The number of piperidine rings is 1. The number of hydrogen-bond acceptors (Lipinski definition) is 2. The van der Waals surface area contributed by atoms with Crippen molar-refractivity contribution in [2.24, 2.45) is 0 Å². The van der Waals surface area contributed by atoms with Crippen LogP contribution in [0.2, 0.25) is 0 Å². The van der Waals surface area contributed by atoms with Gasteiger partial charge in [0.2, 0.25) is 0 Å². The van der Waals surface area contributed by atoms with E-state index >= 15 is 0 Å². The van der Waals surface area contributed by atoms with Gasteiger partial charge in [0.15, 0.2) is 0 Å². The highest BCUT2D eigenvalue weighted by Crippen LogP contribution is 2.17. The van der Waals surface area contributed by atoms with Crippen molar-refractivity contribution in [1.29, 1.82) is 0 Å². The van der Waals surface area contributed by atoms with Crippen LogP contribution in [-0.4, -0.2) is 36.6 Å². The molecule has 1 aliphatic rings. The van der Waals surface area contributed by atoms with Gasteiger partial charge in [-0.05, 0) is 32.4 Å². The minimum Gasteiger partial charge on any atom is -0.313 e. The van der Waals surface area contributed by atoms with Gasteiger partial charge in [-0.2, -0.15) is 0 Å². The van der Waals surface area contributed by atoms with Gasteiger partial charge >= 0.3 is 0 Å². The Morgan fingerprint density at radius 3 is 2.71 bits per heavy atom. The average Bonchev–Trinajstić information content (AvgIpc) is 2.33. The second-order valence-corrected chi connectivity index (χ2v) is 5.81. The lowest BCUT2D eigenvalue weighted by Crippen LogP contribution is -2.47. The van der Waals surface area contributed by atoms with Crippen LogP contribution < -0.4 is 5.32 Å². The van der Waals surface area contributed by atoms with Crippen molar-refractivity contribution >= 4 is 0 Å². The zero-order chi connectivity index (χ0) is 12.5. The lowest BCUT2D eigenvalue weighted by molar-refractivity contribution is 0.141. The van der Waals surface area contributed by atoms with Gasteiger partial charge in [-0.25, -0.2) is 0 Å². The molecule has 0 aromatic rings. The first-order valence-corrected chi connectivity index (χ1v) is 7.71. The third-order valence-electron chi connectivity index (χ3n) is 3.81. The van der Waals surface area contributed by atoms with E-state index in [1.807, 2.05) is 0 Å². The van der Waals surface area contributed by atoms with Crippen LogP contribution in [0.1, 0.15) is 65.7 Å². The standard InChI is InChI=1S/C15H32N2/c1-4-5-6-8-11-17-12-9-7-10-15(17)13-16-14(2)3/h14-16H,4-13H2,1-3H3. The van der Waals surface area contributed by atoms with Crippen molar-refractivity contribution in [2.45, 2.75) is 77.8 Å². The molecule has 0 saturated carbocycles. The Morgan fingerprint density at radius 1 is 1.18 bits per heavy atom. The number of nitrogens with one attached hydrogen (secondary N) is 1. The second-order valence-electron chi connectivity index (χ2n) is 5.81. The highest BCUT2D eigenvalue weighted by molar-refractivity contribution is 4.79. The van der Waals surface area contributed by atoms with Crippen LogP contribution in [0.4, 0.5) is 0 Å². The molecule has 2 nitrogen and oxygen atoms in total. The SMILES string of the molecule is CCCCCCN1CCCCC1CNC(C)C. The van der Waals surface area contributed by atoms with Crippen LogP contribution in [-0.2, 0) is 0 Å². The summed E-state index contributed by atoms with van der Waals surface area (Å²) in [6.07, 6.45) is 9.79. The van der Waals surface area contributed by atoms with E-state index in [-0.39, 0.29) is 0 Å². The average molecular weight is 240 g/mol. The van der Waals surface area contributed by atoms with E-state index in [0.717, 1.165) is 6.04 Å². The molecule has 17 heavy (non-hydrogen) atoms. The second kappa shape index (κ2) is 8.93. The van der Waals surface area contributed by atoms with E-state index in [4.69, 9.17) is 0 Å². The molecule has 102 valence electrons. The molecular weight excluding hydrogens is 208 g/mol. The van der Waals surface area contributed by atoms with Crippen LogP contribution in [0.15, 0.2) is 0 Å². The molecule has 0 spiro atoms. The van der Waals surface area contributed by atoms with Crippen molar-refractivity contribution < 1.29 is 0 Å². The van der Waals surface area contributed by atoms with Gasteiger partial charge in [0.1, 0.15) is 0 Å². The summed E-state index contributed by atoms with van der Waals surface area (Å²) in [6.45, 7) is 10.6. The Labute approximate surface area is 108 Å². The first kappa shape index (κ1) is 15.0. The number of rotatable bonds is 8. The van der Waals surface area contributed by atoms with Gasteiger partial charge < -0.3 is 5.32 Å². The van der Waals surface area contributed by atoms with Crippen molar-refractivity contribution in [3.05, 3.63) is 0 Å². The van der Waals surface area contributed by atoms with E-state index < -0.39 is 0 Å². The summed E-state index contributed by atoms with van der Waals surface area (Å²) >= 11 is 0. The topological polar surface area (TPSA) is 15.3 Å². The van der Waals surface area contributed by atoms with E-state index in [1.54, 1.807) is 0 Å². The van der Waals surface area contributed by atoms with Gasteiger partial charge in [0.25, 0.3) is 0 Å². The Hall–Kier alpha value is -0.0800. The Balaban J connectivity index is 2.22. The summed E-state index contributed by atoms with van der Waals surface area (Å²) in [7, 11) is 0. The molecule has 0 aromatic carbocycles.